The Morgan fingerprint density at radius 3 is 2.95 bits per heavy atom. The highest BCUT2D eigenvalue weighted by atomic mass is 79.9. The van der Waals surface area contributed by atoms with E-state index in [2.05, 4.69) is 20.9 Å². The summed E-state index contributed by atoms with van der Waals surface area (Å²) in [5, 5.41) is 0.672. The van der Waals surface area contributed by atoms with Crippen LogP contribution in [0.5, 0.6) is 0 Å². The number of pyridine rings is 1. The number of hydrogen-bond acceptors (Lipinski definition) is 3. The van der Waals surface area contributed by atoms with Gasteiger partial charge in [0.15, 0.2) is 5.43 Å². The fraction of sp³-hybridized carbons (Fsp3) is 0.538. The minimum absolute atomic E-state index is 0.0234. The van der Waals surface area contributed by atoms with Crippen molar-refractivity contribution in [3.63, 3.8) is 0 Å². The van der Waals surface area contributed by atoms with Crippen molar-refractivity contribution in [3.8, 4) is 0 Å². The second kappa shape index (κ2) is 5.88. The van der Waals surface area contributed by atoms with Crippen molar-refractivity contribution in [3.05, 3.63) is 33.7 Å². The second-order valence-corrected chi connectivity index (χ2v) is 5.47. The normalized spacial score (nSPS) is 23.4. The monoisotopic (exact) mass is 328 g/mol. The van der Waals surface area contributed by atoms with Crippen LogP contribution in [0, 0.1) is 6.92 Å². The van der Waals surface area contributed by atoms with Crippen LogP contribution in [0.2, 0.25) is 0 Å². The minimum atomic E-state index is -0.240. The van der Waals surface area contributed by atoms with Gasteiger partial charge in [0.05, 0.1) is 12.2 Å². The lowest BCUT2D eigenvalue weighted by Crippen LogP contribution is -2.50. The van der Waals surface area contributed by atoms with Gasteiger partial charge in [-0.2, -0.15) is 0 Å². The molecule has 0 spiro atoms. The lowest BCUT2D eigenvalue weighted by molar-refractivity contribution is -0.0560. The number of aromatic amines is 1. The Bertz CT molecular complexity index is 529. The van der Waals surface area contributed by atoms with Gasteiger partial charge in [-0.1, -0.05) is 15.9 Å². The number of nitrogens with zero attached hydrogens (tertiary/aromatic N) is 1. The first-order valence-corrected chi connectivity index (χ1v) is 7.33. The maximum atomic E-state index is 12.4. The fourth-order valence-electron chi connectivity index (χ4n) is 2.21. The second-order valence-electron chi connectivity index (χ2n) is 4.83. The lowest BCUT2D eigenvalue weighted by atomic mass is 10.1. The number of H-pyrrole nitrogens is 1. The van der Waals surface area contributed by atoms with E-state index < -0.39 is 0 Å². The van der Waals surface area contributed by atoms with Gasteiger partial charge in [0, 0.05) is 36.4 Å². The van der Waals surface area contributed by atoms with Gasteiger partial charge in [-0.25, -0.2) is 0 Å². The van der Waals surface area contributed by atoms with Crippen molar-refractivity contribution in [1.29, 1.82) is 0 Å². The van der Waals surface area contributed by atoms with E-state index in [4.69, 9.17) is 4.74 Å². The zero-order chi connectivity index (χ0) is 14.0. The molecule has 0 radical (unpaired) electrons. The number of amides is 1. The van der Waals surface area contributed by atoms with Gasteiger partial charge in [-0.15, -0.1) is 0 Å². The number of hydrogen-bond donors (Lipinski definition) is 1. The summed E-state index contributed by atoms with van der Waals surface area (Å²) in [7, 11) is 0. The van der Waals surface area contributed by atoms with E-state index in [1.165, 1.54) is 12.3 Å². The Labute approximate surface area is 120 Å². The third-order valence-electron chi connectivity index (χ3n) is 3.07. The molecule has 5 nitrogen and oxygen atoms in total. The van der Waals surface area contributed by atoms with Crippen molar-refractivity contribution in [2.24, 2.45) is 0 Å². The summed E-state index contributed by atoms with van der Waals surface area (Å²) in [4.78, 5) is 28.8. The number of morpholine rings is 1. The van der Waals surface area contributed by atoms with Gasteiger partial charge in [0.25, 0.3) is 5.91 Å². The average Bonchev–Trinajstić information content (AvgIpc) is 2.37. The molecule has 1 aliphatic heterocycles. The SMILES string of the molecule is Cc1cc(=O)c(C(=O)N2CC(C)OC(CBr)C2)c[nH]1. The Morgan fingerprint density at radius 1 is 1.58 bits per heavy atom. The van der Waals surface area contributed by atoms with E-state index in [-0.39, 0.29) is 29.1 Å². The summed E-state index contributed by atoms with van der Waals surface area (Å²) >= 11 is 3.36. The van der Waals surface area contributed by atoms with Crippen LogP contribution in [0.25, 0.3) is 0 Å². The topological polar surface area (TPSA) is 62.4 Å². The van der Waals surface area contributed by atoms with E-state index in [1.807, 2.05) is 6.92 Å². The van der Waals surface area contributed by atoms with E-state index in [9.17, 15) is 9.59 Å². The molecule has 1 saturated heterocycles. The molecule has 0 aromatic carbocycles. The first kappa shape index (κ1) is 14.3. The minimum Gasteiger partial charge on any atom is -0.371 e. The van der Waals surface area contributed by atoms with Crippen molar-refractivity contribution >= 4 is 21.8 Å². The third kappa shape index (κ3) is 3.25. The molecule has 2 rings (SSSR count). The summed E-state index contributed by atoms with van der Waals surface area (Å²) in [5.41, 5.74) is 0.694. The van der Waals surface area contributed by atoms with Gasteiger partial charge >= 0.3 is 0 Å². The summed E-state index contributed by atoms with van der Waals surface area (Å²) in [5.74, 6) is -0.234. The van der Waals surface area contributed by atoms with Crippen LogP contribution in [0.4, 0.5) is 0 Å². The number of ether oxygens (including phenoxy) is 1. The van der Waals surface area contributed by atoms with Crippen LogP contribution in [0.3, 0.4) is 0 Å². The van der Waals surface area contributed by atoms with Crippen molar-refractivity contribution in [2.45, 2.75) is 26.1 Å². The molecule has 1 aliphatic rings. The molecule has 1 aromatic heterocycles. The Hall–Kier alpha value is -1.14. The van der Waals surface area contributed by atoms with Crippen molar-refractivity contribution in [2.75, 3.05) is 18.4 Å². The quantitative estimate of drug-likeness (QED) is 0.832. The first-order valence-electron chi connectivity index (χ1n) is 6.21. The molecule has 2 atom stereocenters. The highest BCUT2D eigenvalue weighted by molar-refractivity contribution is 9.09. The molecule has 2 unspecified atom stereocenters. The van der Waals surface area contributed by atoms with Crippen LogP contribution in [-0.4, -0.2) is 46.4 Å². The third-order valence-corrected chi connectivity index (χ3v) is 3.80. The molecule has 1 fully saturated rings. The number of aryl methyl sites for hydroxylation is 1. The molecular weight excluding hydrogens is 312 g/mol. The number of carbonyl (C=O) groups is 1. The standard InChI is InChI=1S/C13H17BrN2O3/c1-8-3-12(17)11(5-15-8)13(18)16-6-9(2)19-10(4-14)7-16/h3,5,9-10H,4,6-7H2,1-2H3,(H,15,17). The smallest absolute Gasteiger partial charge is 0.259 e. The first-order chi connectivity index (χ1) is 9.01. The number of aromatic nitrogens is 1. The summed E-state index contributed by atoms with van der Waals surface area (Å²) in [6, 6.07) is 1.44. The Balaban J connectivity index is 2.21. The van der Waals surface area contributed by atoms with Gasteiger partial charge in [-0.3, -0.25) is 9.59 Å². The molecule has 19 heavy (non-hydrogen) atoms. The summed E-state index contributed by atoms with van der Waals surface area (Å²) in [6.45, 7) is 4.72. The predicted molar refractivity (Wildman–Crippen MR) is 75.8 cm³/mol. The highest BCUT2D eigenvalue weighted by Crippen LogP contribution is 2.14. The molecule has 1 N–H and O–H groups in total. The van der Waals surface area contributed by atoms with Gasteiger partial charge in [0.1, 0.15) is 5.56 Å². The van der Waals surface area contributed by atoms with Crippen LogP contribution in [0.15, 0.2) is 17.1 Å². The van der Waals surface area contributed by atoms with Gasteiger partial charge in [0.2, 0.25) is 0 Å². The number of rotatable bonds is 2. The van der Waals surface area contributed by atoms with Crippen LogP contribution in [-0.2, 0) is 4.74 Å². The van der Waals surface area contributed by atoms with E-state index in [1.54, 1.807) is 11.8 Å². The van der Waals surface area contributed by atoms with E-state index in [0.717, 1.165) is 5.69 Å². The molecular formula is C13H17BrN2O3. The number of alkyl halides is 1. The summed E-state index contributed by atoms with van der Waals surface area (Å²) in [6.07, 6.45) is 1.44. The van der Waals surface area contributed by atoms with Crippen LogP contribution < -0.4 is 5.43 Å². The largest absolute Gasteiger partial charge is 0.371 e. The molecule has 2 heterocycles. The Morgan fingerprint density at radius 2 is 2.32 bits per heavy atom. The molecule has 104 valence electrons. The average molecular weight is 329 g/mol. The van der Waals surface area contributed by atoms with Crippen LogP contribution in [0.1, 0.15) is 23.0 Å². The number of nitrogens with one attached hydrogen (secondary N) is 1. The fourth-order valence-corrected chi connectivity index (χ4v) is 2.56. The zero-order valence-electron chi connectivity index (χ0n) is 11.0. The molecule has 1 aromatic rings. The molecule has 0 saturated carbocycles. The van der Waals surface area contributed by atoms with Crippen LogP contribution >= 0.6 is 15.9 Å². The van der Waals surface area contributed by atoms with Gasteiger partial charge < -0.3 is 14.6 Å². The maximum Gasteiger partial charge on any atom is 0.259 e. The Kier molecular flexibility index (Phi) is 4.42. The van der Waals surface area contributed by atoms with E-state index in [0.29, 0.717) is 18.4 Å². The molecule has 1 amide bonds. The maximum absolute atomic E-state index is 12.4. The molecule has 0 aliphatic carbocycles. The zero-order valence-corrected chi connectivity index (χ0v) is 12.6. The molecule has 0 bridgehead atoms. The number of carbonyl (C=O) groups excluding carboxylic acids is 1. The number of halogens is 1. The van der Waals surface area contributed by atoms with Gasteiger partial charge in [-0.05, 0) is 13.8 Å². The lowest BCUT2D eigenvalue weighted by Gasteiger charge is -2.36. The predicted octanol–water partition coefficient (Wildman–Crippen LogP) is 1.31. The van der Waals surface area contributed by atoms with Crippen molar-refractivity contribution in [1.82, 2.24) is 9.88 Å². The highest BCUT2D eigenvalue weighted by Gasteiger charge is 2.29. The summed E-state index contributed by atoms with van der Waals surface area (Å²) < 4.78 is 5.67. The van der Waals surface area contributed by atoms with Crippen molar-refractivity contribution < 1.29 is 9.53 Å². The molecule has 6 heteroatoms. The van der Waals surface area contributed by atoms with E-state index >= 15 is 0 Å².